The van der Waals surface area contributed by atoms with Gasteiger partial charge in [-0.15, -0.1) is 5.10 Å². The Labute approximate surface area is 135 Å². The van der Waals surface area contributed by atoms with Gasteiger partial charge >= 0.3 is 5.88 Å². The van der Waals surface area contributed by atoms with Gasteiger partial charge in [0.25, 0.3) is 6.23 Å². The van der Waals surface area contributed by atoms with Gasteiger partial charge in [0.05, 0.1) is 6.07 Å². The van der Waals surface area contributed by atoms with Crippen LogP contribution in [0, 0.1) is 10.1 Å². The minimum absolute atomic E-state index is 0.104. The molecular weight excluding hydrogens is 326 g/mol. The Morgan fingerprint density at radius 1 is 1.39 bits per heavy atom. The third kappa shape index (κ3) is 2.88. The molecule has 0 N–H and O–H groups in total. The van der Waals surface area contributed by atoms with Crippen molar-refractivity contribution in [2.24, 2.45) is 5.10 Å². The molecule has 1 aliphatic heterocycles. The third-order valence-electron chi connectivity index (χ3n) is 3.07. The molecule has 1 amide bonds. The number of nitrogens with zero attached hydrogens (tertiary/aromatic N) is 3. The largest absolute Gasteiger partial charge is 0.442 e. The van der Waals surface area contributed by atoms with Crippen molar-refractivity contribution in [2.45, 2.75) is 13.2 Å². The Bertz CT molecular complexity index is 816. The first-order chi connectivity index (χ1) is 11.0. The maximum Gasteiger partial charge on any atom is 0.433 e. The number of carbonyl (C=O) groups is 1. The normalized spacial score (nSPS) is 16.9. The number of benzene rings is 1. The van der Waals surface area contributed by atoms with Gasteiger partial charge in [-0.1, -0.05) is 17.7 Å². The summed E-state index contributed by atoms with van der Waals surface area (Å²) >= 11 is 5.93. The summed E-state index contributed by atoms with van der Waals surface area (Å²) in [5.74, 6) is -0.561. The molecule has 0 fully saturated rings. The van der Waals surface area contributed by atoms with E-state index in [9.17, 15) is 14.9 Å². The van der Waals surface area contributed by atoms with E-state index in [2.05, 4.69) is 5.10 Å². The molecule has 0 aliphatic carbocycles. The average Bonchev–Trinajstić information content (AvgIpc) is 3.14. The number of carbonyl (C=O) groups excluding carboxylic acids is 1. The lowest BCUT2D eigenvalue weighted by atomic mass is 10.2. The summed E-state index contributed by atoms with van der Waals surface area (Å²) in [6.07, 6.45) is -1.00. The molecule has 1 aromatic carbocycles. The second kappa shape index (κ2) is 5.73. The topological polar surface area (TPSA) is 98.2 Å². The fraction of sp³-hybridized carbons (Fsp3) is 0.143. The number of halogens is 1. The van der Waals surface area contributed by atoms with E-state index in [1.54, 1.807) is 24.3 Å². The molecule has 1 aliphatic rings. The Kier molecular flexibility index (Phi) is 3.75. The SMILES string of the molecule is CC(=O)N1N=C(c2cccc(Cl)c2)O[C@@H]1c1ccc([N+](=O)[O-])o1. The van der Waals surface area contributed by atoms with Crippen molar-refractivity contribution in [2.75, 3.05) is 0 Å². The highest BCUT2D eigenvalue weighted by molar-refractivity contribution is 6.31. The van der Waals surface area contributed by atoms with Gasteiger partial charge in [0, 0.05) is 17.5 Å². The first-order valence-electron chi connectivity index (χ1n) is 6.51. The van der Waals surface area contributed by atoms with E-state index in [0.29, 0.717) is 10.6 Å². The Morgan fingerprint density at radius 3 is 2.78 bits per heavy atom. The number of furan rings is 1. The predicted octanol–water partition coefficient (Wildman–Crippen LogP) is 3.08. The summed E-state index contributed by atoms with van der Waals surface area (Å²) in [5.41, 5.74) is 0.576. The third-order valence-corrected chi connectivity index (χ3v) is 3.31. The van der Waals surface area contributed by atoms with Crippen molar-refractivity contribution in [1.82, 2.24) is 5.01 Å². The number of ether oxygens (including phenoxy) is 1. The van der Waals surface area contributed by atoms with Crippen LogP contribution in [0.5, 0.6) is 0 Å². The van der Waals surface area contributed by atoms with Gasteiger partial charge < -0.3 is 9.15 Å². The van der Waals surface area contributed by atoms with Crippen molar-refractivity contribution in [3.05, 3.63) is 62.9 Å². The molecule has 118 valence electrons. The molecule has 1 aromatic heterocycles. The smallest absolute Gasteiger partial charge is 0.433 e. The highest BCUT2D eigenvalue weighted by Crippen LogP contribution is 2.33. The van der Waals surface area contributed by atoms with Crippen molar-refractivity contribution < 1.29 is 18.9 Å². The molecule has 0 saturated carbocycles. The van der Waals surface area contributed by atoms with E-state index in [-0.39, 0.29) is 11.7 Å². The van der Waals surface area contributed by atoms with Gasteiger partial charge in [-0.25, -0.2) is 0 Å². The van der Waals surface area contributed by atoms with Gasteiger partial charge in [0.15, 0.2) is 5.76 Å². The quantitative estimate of drug-likeness (QED) is 0.634. The highest BCUT2D eigenvalue weighted by atomic mass is 35.5. The zero-order valence-electron chi connectivity index (χ0n) is 11.8. The fourth-order valence-electron chi connectivity index (χ4n) is 2.06. The highest BCUT2D eigenvalue weighted by Gasteiger charge is 2.36. The molecule has 23 heavy (non-hydrogen) atoms. The molecule has 2 heterocycles. The van der Waals surface area contributed by atoms with Crippen LogP contribution in [0.3, 0.4) is 0 Å². The van der Waals surface area contributed by atoms with E-state index in [4.69, 9.17) is 20.8 Å². The zero-order valence-corrected chi connectivity index (χ0v) is 12.6. The maximum atomic E-state index is 11.8. The summed E-state index contributed by atoms with van der Waals surface area (Å²) < 4.78 is 10.7. The van der Waals surface area contributed by atoms with Crippen LogP contribution in [0.2, 0.25) is 5.02 Å². The van der Waals surface area contributed by atoms with Crippen LogP contribution >= 0.6 is 11.6 Å². The predicted molar refractivity (Wildman–Crippen MR) is 79.7 cm³/mol. The van der Waals surface area contributed by atoms with Crippen LogP contribution in [-0.4, -0.2) is 21.7 Å². The van der Waals surface area contributed by atoms with Gasteiger partial charge in [-0.2, -0.15) is 5.01 Å². The summed E-state index contributed by atoms with van der Waals surface area (Å²) in [5, 5.41) is 16.4. The molecule has 0 radical (unpaired) electrons. The Hall–Kier alpha value is -2.87. The molecule has 0 bridgehead atoms. The monoisotopic (exact) mass is 335 g/mol. The van der Waals surface area contributed by atoms with E-state index >= 15 is 0 Å². The number of hydrazone groups is 1. The molecule has 0 saturated heterocycles. The zero-order chi connectivity index (χ0) is 16.6. The number of hydrogen-bond acceptors (Lipinski definition) is 6. The Morgan fingerprint density at radius 2 is 2.17 bits per heavy atom. The van der Waals surface area contributed by atoms with E-state index < -0.39 is 22.9 Å². The molecule has 8 nitrogen and oxygen atoms in total. The van der Waals surface area contributed by atoms with Crippen LogP contribution in [0.25, 0.3) is 0 Å². The van der Waals surface area contributed by atoms with Crippen LogP contribution in [0.15, 0.2) is 45.9 Å². The lowest BCUT2D eigenvalue weighted by Crippen LogP contribution is -2.24. The minimum atomic E-state index is -1.00. The molecule has 1 atom stereocenters. The summed E-state index contributed by atoms with van der Waals surface area (Å²) in [7, 11) is 0. The van der Waals surface area contributed by atoms with Crippen LogP contribution in [0.4, 0.5) is 5.88 Å². The van der Waals surface area contributed by atoms with Crippen LogP contribution < -0.4 is 0 Å². The van der Waals surface area contributed by atoms with Crippen molar-refractivity contribution in [1.29, 1.82) is 0 Å². The average molecular weight is 336 g/mol. The molecule has 9 heteroatoms. The fourth-order valence-corrected chi connectivity index (χ4v) is 2.25. The number of hydrogen-bond donors (Lipinski definition) is 0. The summed E-state index contributed by atoms with van der Waals surface area (Å²) in [6, 6.07) is 9.31. The number of nitro groups is 1. The standard InChI is InChI=1S/C14H10ClN3O5/c1-8(19)17-14(11-5-6-12(22-11)18(20)21)23-13(16-17)9-3-2-4-10(15)7-9/h2-7,14H,1H3/t14-/m1/s1. The summed E-state index contributed by atoms with van der Waals surface area (Å²) in [6.45, 7) is 1.30. The first kappa shape index (κ1) is 15.0. The van der Waals surface area contributed by atoms with Gasteiger partial charge in [-0.05, 0) is 24.3 Å². The molecule has 0 unspecified atom stereocenters. The van der Waals surface area contributed by atoms with Crippen molar-refractivity contribution >= 4 is 29.3 Å². The second-order valence-electron chi connectivity index (χ2n) is 4.68. The second-order valence-corrected chi connectivity index (χ2v) is 5.12. The van der Waals surface area contributed by atoms with Crippen molar-refractivity contribution in [3.63, 3.8) is 0 Å². The van der Waals surface area contributed by atoms with Gasteiger partial charge in [0.1, 0.15) is 4.92 Å². The molecule has 3 rings (SSSR count). The molecular formula is C14H10ClN3O5. The number of amides is 1. The minimum Gasteiger partial charge on any atom is -0.442 e. The maximum absolute atomic E-state index is 11.8. The molecule has 0 spiro atoms. The van der Waals surface area contributed by atoms with Crippen LogP contribution in [0.1, 0.15) is 24.5 Å². The van der Waals surface area contributed by atoms with Gasteiger partial charge in [-0.3, -0.25) is 14.9 Å². The van der Waals surface area contributed by atoms with Crippen LogP contribution in [-0.2, 0) is 9.53 Å². The van der Waals surface area contributed by atoms with E-state index in [0.717, 1.165) is 5.01 Å². The summed E-state index contributed by atoms with van der Waals surface area (Å²) in [4.78, 5) is 21.8. The first-order valence-corrected chi connectivity index (χ1v) is 6.88. The molecule has 2 aromatic rings. The van der Waals surface area contributed by atoms with E-state index in [1.165, 1.54) is 19.1 Å². The lowest BCUT2D eigenvalue weighted by Gasteiger charge is -2.16. The lowest BCUT2D eigenvalue weighted by molar-refractivity contribution is -0.402. The Balaban J connectivity index is 1.93. The van der Waals surface area contributed by atoms with E-state index in [1.807, 2.05) is 0 Å². The van der Waals surface area contributed by atoms with Gasteiger partial charge in [0.2, 0.25) is 11.8 Å². The van der Waals surface area contributed by atoms with Crippen molar-refractivity contribution in [3.8, 4) is 0 Å². The number of rotatable bonds is 3.